The minimum atomic E-state index is -0.324. The Morgan fingerprint density at radius 3 is 2.92 bits per heavy atom. The van der Waals surface area contributed by atoms with Gasteiger partial charge in [0.15, 0.2) is 0 Å². The molecule has 2 aromatic rings. The smallest absolute Gasteiger partial charge is 0.347 e. The predicted molar refractivity (Wildman–Crippen MR) is 52.1 cm³/mol. The molecule has 1 aromatic carbocycles. The highest BCUT2D eigenvalue weighted by molar-refractivity contribution is 7.98. The molecule has 0 unspecified atom stereocenters. The van der Waals surface area contributed by atoms with Gasteiger partial charge in [-0.3, -0.25) is 0 Å². The third kappa shape index (κ3) is 1.45. The zero-order chi connectivity index (χ0) is 9.26. The van der Waals surface area contributed by atoms with Gasteiger partial charge in [0.1, 0.15) is 0 Å². The van der Waals surface area contributed by atoms with Crippen LogP contribution in [0.4, 0.5) is 0 Å². The maximum atomic E-state index is 11.3. The highest BCUT2D eigenvalue weighted by Crippen LogP contribution is 2.13. The van der Waals surface area contributed by atoms with Gasteiger partial charge in [-0.1, -0.05) is 23.9 Å². The van der Waals surface area contributed by atoms with E-state index < -0.39 is 0 Å². The number of fused-ring (bicyclic) bond motifs is 1. The normalized spacial score (nSPS) is 10.5. The minimum Gasteiger partial charge on any atom is -0.397 e. The number of benzene rings is 1. The van der Waals surface area contributed by atoms with Gasteiger partial charge < -0.3 is 4.42 Å². The van der Waals surface area contributed by atoms with Crippen LogP contribution in [0, 0.1) is 0 Å². The Bertz CT molecular complexity index is 492. The summed E-state index contributed by atoms with van der Waals surface area (Å²) in [5, 5.41) is 0.934. The summed E-state index contributed by atoms with van der Waals surface area (Å²) < 4.78 is 4.94. The molecule has 0 amide bonds. The fourth-order valence-electron chi connectivity index (χ4n) is 1.09. The molecule has 0 saturated heterocycles. The molecule has 1 heterocycles. The lowest BCUT2D eigenvalue weighted by molar-refractivity contribution is 0.401. The van der Waals surface area contributed by atoms with Crippen molar-refractivity contribution < 1.29 is 4.42 Å². The van der Waals surface area contributed by atoms with Crippen LogP contribution in [0.3, 0.4) is 0 Å². The second-order valence-electron chi connectivity index (χ2n) is 2.49. The van der Waals surface area contributed by atoms with Gasteiger partial charge in [0.05, 0.1) is 10.9 Å². The summed E-state index contributed by atoms with van der Waals surface area (Å²) in [5.74, 6) is 0. The zero-order valence-corrected chi connectivity index (χ0v) is 7.80. The number of nitrogens with zero attached hydrogens (tertiary/aromatic N) is 1. The van der Waals surface area contributed by atoms with E-state index in [0.717, 1.165) is 0 Å². The molecule has 0 N–H and O–H groups in total. The summed E-state index contributed by atoms with van der Waals surface area (Å²) in [6.07, 6.45) is 1.82. The van der Waals surface area contributed by atoms with Crippen LogP contribution in [0.15, 0.2) is 38.7 Å². The van der Waals surface area contributed by atoms with Crippen molar-refractivity contribution in [2.24, 2.45) is 0 Å². The third-order valence-corrected chi connectivity index (χ3v) is 2.21. The fourth-order valence-corrected chi connectivity index (χ4v) is 1.44. The average Bonchev–Trinajstić information content (AvgIpc) is 2.18. The number of rotatable bonds is 1. The largest absolute Gasteiger partial charge is 0.397 e. The lowest BCUT2D eigenvalue weighted by Gasteiger charge is -1.96. The molecule has 0 spiro atoms. The first-order valence-electron chi connectivity index (χ1n) is 3.75. The van der Waals surface area contributed by atoms with Crippen molar-refractivity contribution in [3.8, 4) is 0 Å². The highest BCUT2D eigenvalue weighted by atomic mass is 32.2. The van der Waals surface area contributed by atoms with Crippen molar-refractivity contribution in [3.63, 3.8) is 0 Å². The molecule has 2 rings (SSSR count). The van der Waals surface area contributed by atoms with Crippen molar-refractivity contribution in [3.05, 3.63) is 34.7 Å². The number of para-hydroxylation sites is 1. The van der Waals surface area contributed by atoms with Crippen molar-refractivity contribution >= 4 is 22.7 Å². The Morgan fingerprint density at radius 2 is 2.15 bits per heavy atom. The average molecular weight is 193 g/mol. The van der Waals surface area contributed by atoms with Crippen LogP contribution in [0.5, 0.6) is 0 Å². The molecular formula is C9H7NO2S. The van der Waals surface area contributed by atoms with Crippen molar-refractivity contribution in [1.29, 1.82) is 0 Å². The number of hydrogen-bond donors (Lipinski definition) is 0. The van der Waals surface area contributed by atoms with Gasteiger partial charge in [-0.2, -0.15) is 0 Å². The Labute approximate surface area is 78.8 Å². The molecule has 0 saturated carbocycles. The summed E-state index contributed by atoms with van der Waals surface area (Å²) in [7, 11) is 0. The summed E-state index contributed by atoms with van der Waals surface area (Å²) in [4.78, 5) is 15.5. The van der Waals surface area contributed by atoms with Gasteiger partial charge in [-0.25, -0.2) is 9.78 Å². The van der Waals surface area contributed by atoms with E-state index in [1.807, 2.05) is 12.3 Å². The number of hydrogen-bond acceptors (Lipinski definition) is 4. The van der Waals surface area contributed by atoms with Gasteiger partial charge in [0.25, 0.3) is 5.22 Å². The Morgan fingerprint density at radius 1 is 1.38 bits per heavy atom. The molecule has 1 aromatic heterocycles. The maximum absolute atomic E-state index is 11.3. The van der Waals surface area contributed by atoms with Crippen LogP contribution in [0.25, 0.3) is 10.9 Å². The van der Waals surface area contributed by atoms with Crippen LogP contribution >= 0.6 is 11.8 Å². The van der Waals surface area contributed by atoms with Crippen LogP contribution in [0.1, 0.15) is 0 Å². The first kappa shape index (κ1) is 8.31. The quantitative estimate of drug-likeness (QED) is 0.649. The first-order chi connectivity index (χ1) is 6.31. The predicted octanol–water partition coefficient (Wildman–Crippen LogP) is 1.91. The molecule has 13 heavy (non-hydrogen) atoms. The van der Waals surface area contributed by atoms with E-state index in [4.69, 9.17) is 4.42 Å². The molecule has 0 bridgehead atoms. The van der Waals surface area contributed by atoms with Gasteiger partial charge >= 0.3 is 5.63 Å². The van der Waals surface area contributed by atoms with E-state index in [-0.39, 0.29) is 5.63 Å². The highest BCUT2D eigenvalue weighted by Gasteiger charge is 2.03. The third-order valence-electron chi connectivity index (χ3n) is 1.69. The van der Waals surface area contributed by atoms with Gasteiger partial charge in [-0.15, -0.1) is 0 Å². The van der Waals surface area contributed by atoms with E-state index in [1.165, 1.54) is 11.8 Å². The molecule has 66 valence electrons. The molecule has 0 fully saturated rings. The SMILES string of the molecule is CSc1nc2ccccc2c(=O)o1. The summed E-state index contributed by atoms with van der Waals surface area (Å²) in [6.45, 7) is 0. The molecular weight excluding hydrogens is 186 g/mol. The summed E-state index contributed by atoms with van der Waals surface area (Å²) in [5.41, 5.74) is 0.359. The Kier molecular flexibility index (Phi) is 2.06. The summed E-state index contributed by atoms with van der Waals surface area (Å²) in [6, 6.07) is 7.14. The van der Waals surface area contributed by atoms with Gasteiger partial charge in [0.2, 0.25) is 0 Å². The second kappa shape index (κ2) is 3.22. The standard InChI is InChI=1S/C9H7NO2S/c1-13-9-10-7-5-3-2-4-6(7)8(11)12-9/h2-5H,1H3. The first-order valence-corrected chi connectivity index (χ1v) is 4.97. The topological polar surface area (TPSA) is 43.1 Å². The van der Waals surface area contributed by atoms with Crippen LogP contribution in [-0.4, -0.2) is 11.2 Å². The molecule has 0 aliphatic heterocycles. The van der Waals surface area contributed by atoms with E-state index in [0.29, 0.717) is 16.1 Å². The molecule has 0 radical (unpaired) electrons. The lowest BCUT2D eigenvalue weighted by Crippen LogP contribution is -2.01. The molecule has 0 aliphatic rings. The zero-order valence-electron chi connectivity index (χ0n) is 6.98. The van der Waals surface area contributed by atoms with E-state index in [9.17, 15) is 4.79 Å². The van der Waals surface area contributed by atoms with E-state index >= 15 is 0 Å². The number of aromatic nitrogens is 1. The van der Waals surface area contributed by atoms with Gasteiger partial charge in [0, 0.05) is 0 Å². The lowest BCUT2D eigenvalue weighted by atomic mass is 10.2. The van der Waals surface area contributed by atoms with Crippen molar-refractivity contribution in [2.75, 3.05) is 6.26 Å². The fraction of sp³-hybridized carbons (Fsp3) is 0.111. The van der Waals surface area contributed by atoms with Crippen LogP contribution in [-0.2, 0) is 0 Å². The maximum Gasteiger partial charge on any atom is 0.347 e. The molecule has 3 nitrogen and oxygen atoms in total. The van der Waals surface area contributed by atoms with Crippen LogP contribution in [0.2, 0.25) is 0 Å². The van der Waals surface area contributed by atoms with Crippen molar-refractivity contribution in [1.82, 2.24) is 4.98 Å². The molecule has 0 aliphatic carbocycles. The Hall–Kier alpha value is -1.29. The van der Waals surface area contributed by atoms with E-state index in [1.54, 1.807) is 18.2 Å². The Balaban J connectivity index is 2.85. The van der Waals surface area contributed by atoms with Crippen LogP contribution < -0.4 is 5.63 Å². The molecule has 0 atom stereocenters. The summed E-state index contributed by atoms with van der Waals surface area (Å²) >= 11 is 1.32. The monoisotopic (exact) mass is 193 g/mol. The van der Waals surface area contributed by atoms with Gasteiger partial charge in [-0.05, 0) is 18.4 Å². The molecule has 4 heteroatoms. The van der Waals surface area contributed by atoms with Crippen molar-refractivity contribution in [2.45, 2.75) is 5.22 Å². The second-order valence-corrected chi connectivity index (χ2v) is 3.25. The van der Waals surface area contributed by atoms with E-state index in [2.05, 4.69) is 4.98 Å². The minimum absolute atomic E-state index is 0.324. The number of thioether (sulfide) groups is 1.